The van der Waals surface area contributed by atoms with E-state index in [0.717, 1.165) is 23.9 Å². The third-order valence-electron chi connectivity index (χ3n) is 3.59. The first-order chi connectivity index (χ1) is 10.2. The predicted molar refractivity (Wildman–Crippen MR) is 105 cm³/mol. The van der Waals surface area contributed by atoms with Crippen molar-refractivity contribution in [1.82, 2.24) is 4.90 Å². The van der Waals surface area contributed by atoms with E-state index < -0.39 is 0 Å². The summed E-state index contributed by atoms with van der Waals surface area (Å²) in [5.41, 5.74) is 2.40. The monoisotopic (exact) mass is 414 g/mol. The van der Waals surface area contributed by atoms with Gasteiger partial charge in [-0.25, -0.2) is 4.99 Å². The summed E-state index contributed by atoms with van der Waals surface area (Å²) in [7, 11) is 0. The molecule has 1 aromatic carbocycles. The molecular formula is C17H23IN2S. The SMILES string of the molecule is CCCC/C(I)=C1\SC(N(CC)CC)=Nc2ccccc21. The lowest BCUT2D eigenvalue weighted by Gasteiger charge is -2.27. The van der Waals surface area contributed by atoms with Crippen molar-refractivity contribution in [3.05, 3.63) is 33.4 Å². The van der Waals surface area contributed by atoms with Crippen molar-refractivity contribution in [3.63, 3.8) is 0 Å². The molecule has 0 radical (unpaired) electrons. The van der Waals surface area contributed by atoms with E-state index in [2.05, 4.69) is 72.5 Å². The van der Waals surface area contributed by atoms with Gasteiger partial charge in [0.25, 0.3) is 0 Å². The van der Waals surface area contributed by atoms with Crippen LogP contribution < -0.4 is 0 Å². The van der Waals surface area contributed by atoms with Gasteiger partial charge in [0.15, 0.2) is 5.17 Å². The van der Waals surface area contributed by atoms with Gasteiger partial charge in [0.1, 0.15) is 0 Å². The van der Waals surface area contributed by atoms with Crippen LogP contribution in [0.4, 0.5) is 5.69 Å². The second kappa shape index (κ2) is 8.22. The highest BCUT2D eigenvalue weighted by Crippen LogP contribution is 2.45. The number of rotatable bonds is 5. The molecule has 0 saturated heterocycles. The van der Waals surface area contributed by atoms with Gasteiger partial charge in [0.05, 0.1) is 5.69 Å². The van der Waals surface area contributed by atoms with Crippen molar-refractivity contribution in [2.75, 3.05) is 13.1 Å². The highest BCUT2D eigenvalue weighted by Gasteiger charge is 2.22. The number of unbranched alkanes of at least 4 members (excludes halogenated alkanes) is 1. The number of thioether (sulfide) groups is 1. The van der Waals surface area contributed by atoms with Crippen LogP contribution in [0.2, 0.25) is 0 Å². The van der Waals surface area contributed by atoms with Gasteiger partial charge >= 0.3 is 0 Å². The topological polar surface area (TPSA) is 15.6 Å². The molecule has 2 nitrogen and oxygen atoms in total. The molecule has 0 fully saturated rings. The number of fused-ring (bicyclic) bond motifs is 1. The quantitative estimate of drug-likeness (QED) is 0.545. The molecule has 0 N–H and O–H groups in total. The van der Waals surface area contributed by atoms with Crippen LogP contribution in [-0.2, 0) is 0 Å². The molecule has 1 heterocycles. The number of benzene rings is 1. The maximum atomic E-state index is 4.87. The number of allylic oxidation sites excluding steroid dienone is 1. The van der Waals surface area contributed by atoms with E-state index in [0.29, 0.717) is 0 Å². The van der Waals surface area contributed by atoms with E-state index in [1.165, 1.54) is 33.3 Å². The third-order valence-corrected chi connectivity index (χ3v) is 6.24. The Kier molecular flexibility index (Phi) is 6.61. The molecule has 1 aliphatic rings. The summed E-state index contributed by atoms with van der Waals surface area (Å²) in [6.45, 7) is 8.64. The van der Waals surface area contributed by atoms with Crippen molar-refractivity contribution >= 4 is 50.1 Å². The number of nitrogens with zero attached hydrogens (tertiary/aromatic N) is 2. The highest BCUT2D eigenvalue weighted by molar-refractivity contribution is 14.1. The first-order valence-corrected chi connectivity index (χ1v) is 9.60. The molecule has 114 valence electrons. The molecular weight excluding hydrogens is 391 g/mol. The number of aliphatic imine (C=N–C) groups is 1. The fourth-order valence-electron chi connectivity index (χ4n) is 2.31. The van der Waals surface area contributed by atoms with Gasteiger partial charge in [-0.2, -0.15) is 0 Å². The molecule has 0 aromatic heterocycles. The van der Waals surface area contributed by atoms with Crippen LogP contribution in [0.3, 0.4) is 0 Å². The first-order valence-electron chi connectivity index (χ1n) is 7.70. The van der Waals surface area contributed by atoms with Crippen LogP contribution >= 0.6 is 34.4 Å². The Hall–Kier alpha value is -0.490. The minimum absolute atomic E-state index is 1.00. The van der Waals surface area contributed by atoms with Gasteiger partial charge in [-0.1, -0.05) is 43.3 Å². The van der Waals surface area contributed by atoms with Crippen molar-refractivity contribution in [2.45, 2.75) is 40.0 Å². The van der Waals surface area contributed by atoms with Gasteiger partial charge in [-0.3, -0.25) is 0 Å². The summed E-state index contributed by atoms with van der Waals surface area (Å²) in [6.07, 6.45) is 3.66. The third kappa shape index (κ3) is 4.03. The standard InChI is InChI=1S/C17H23IN2S/c1-4-7-11-14(18)16-13-10-8-9-12-15(13)19-17(21-16)20(5-2)6-3/h8-10,12H,4-7,11H2,1-3H3/b16-14+. The summed E-state index contributed by atoms with van der Waals surface area (Å²) < 4.78 is 1.46. The average Bonchev–Trinajstić information content (AvgIpc) is 2.53. The van der Waals surface area contributed by atoms with Crippen LogP contribution in [0, 0.1) is 0 Å². The van der Waals surface area contributed by atoms with Gasteiger partial charge in [0.2, 0.25) is 0 Å². The summed E-state index contributed by atoms with van der Waals surface area (Å²) >= 11 is 4.36. The molecule has 2 rings (SSSR count). The van der Waals surface area contributed by atoms with Crippen molar-refractivity contribution in [1.29, 1.82) is 0 Å². The van der Waals surface area contributed by atoms with Gasteiger partial charge in [-0.15, -0.1) is 0 Å². The Morgan fingerprint density at radius 1 is 1.19 bits per heavy atom. The Bertz CT molecular complexity index is 547. The fraction of sp³-hybridized carbons (Fsp3) is 0.471. The molecule has 0 spiro atoms. The van der Waals surface area contributed by atoms with E-state index in [9.17, 15) is 0 Å². The molecule has 21 heavy (non-hydrogen) atoms. The summed E-state index contributed by atoms with van der Waals surface area (Å²) in [4.78, 5) is 8.61. The Balaban J connectivity index is 2.42. The zero-order chi connectivity index (χ0) is 15.2. The number of amidine groups is 1. The summed E-state index contributed by atoms with van der Waals surface area (Å²) in [5, 5.41) is 1.14. The Morgan fingerprint density at radius 2 is 1.90 bits per heavy atom. The minimum atomic E-state index is 1.00. The van der Waals surface area contributed by atoms with Crippen LogP contribution in [0.5, 0.6) is 0 Å². The molecule has 0 atom stereocenters. The zero-order valence-electron chi connectivity index (χ0n) is 13.0. The Labute approximate surface area is 146 Å². The fourth-order valence-corrected chi connectivity index (χ4v) is 4.52. The van der Waals surface area contributed by atoms with E-state index >= 15 is 0 Å². The zero-order valence-corrected chi connectivity index (χ0v) is 16.0. The van der Waals surface area contributed by atoms with Crippen molar-refractivity contribution in [2.24, 2.45) is 4.99 Å². The maximum Gasteiger partial charge on any atom is 0.169 e. The van der Waals surface area contributed by atoms with Gasteiger partial charge < -0.3 is 4.90 Å². The van der Waals surface area contributed by atoms with Crippen molar-refractivity contribution in [3.8, 4) is 0 Å². The first kappa shape index (κ1) is 16.9. The average molecular weight is 414 g/mol. The minimum Gasteiger partial charge on any atom is -0.351 e. The summed E-state index contributed by atoms with van der Waals surface area (Å²) in [6, 6.07) is 8.52. The normalized spacial score (nSPS) is 16.3. The van der Waals surface area contributed by atoms with E-state index in [4.69, 9.17) is 4.99 Å². The van der Waals surface area contributed by atoms with Crippen LogP contribution in [0.1, 0.15) is 45.6 Å². The number of halogens is 1. The molecule has 0 saturated carbocycles. The van der Waals surface area contributed by atoms with Crippen LogP contribution in [-0.4, -0.2) is 23.2 Å². The van der Waals surface area contributed by atoms with Crippen LogP contribution in [0.25, 0.3) is 4.91 Å². The molecule has 4 heteroatoms. The second-order valence-electron chi connectivity index (χ2n) is 5.02. The largest absolute Gasteiger partial charge is 0.351 e. The van der Waals surface area contributed by atoms with Crippen molar-refractivity contribution < 1.29 is 0 Å². The molecule has 0 unspecified atom stereocenters. The number of hydrogen-bond acceptors (Lipinski definition) is 3. The van der Waals surface area contributed by atoms with E-state index in [1.54, 1.807) is 0 Å². The lowest BCUT2D eigenvalue weighted by atomic mass is 10.1. The Morgan fingerprint density at radius 3 is 2.57 bits per heavy atom. The smallest absolute Gasteiger partial charge is 0.169 e. The number of para-hydroxylation sites is 1. The highest BCUT2D eigenvalue weighted by atomic mass is 127. The van der Waals surface area contributed by atoms with Crippen LogP contribution in [0.15, 0.2) is 32.8 Å². The maximum absolute atomic E-state index is 4.87. The number of hydrogen-bond donors (Lipinski definition) is 0. The lowest BCUT2D eigenvalue weighted by Crippen LogP contribution is -2.29. The van der Waals surface area contributed by atoms with Gasteiger partial charge in [0, 0.05) is 27.1 Å². The van der Waals surface area contributed by atoms with E-state index in [-0.39, 0.29) is 0 Å². The molecule has 0 aliphatic carbocycles. The molecule has 1 aliphatic heterocycles. The van der Waals surface area contributed by atoms with Gasteiger partial charge in [-0.05, 0) is 55.3 Å². The summed E-state index contributed by atoms with van der Waals surface area (Å²) in [5.74, 6) is 0. The predicted octanol–water partition coefficient (Wildman–Crippen LogP) is 6.06. The lowest BCUT2D eigenvalue weighted by molar-refractivity contribution is 0.475. The molecule has 1 aromatic rings. The molecule has 0 bridgehead atoms. The van der Waals surface area contributed by atoms with E-state index in [1.807, 2.05) is 11.8 Å². The second-order valence-corrected chi connectivity index (χ2v) is 7.30. The molecule has 0 amide bonds.